The first kappa shape index (κ1) is 10.5. The first-order chi connectivity index (χ1) is 7.75. The van der Waals surface area contributed by atoms with Gasteiger partial charge in [-0.3, -0.25) is 4.79 Å². The Balaban J connectivity index is 2.04. The predicted molar refractivity (Wildman–Crippen MR) is 61.6 cm³/mol. The molecule has 0 amide bonds. The lowest BCUT2D eigenvalue weighted by molar-refractivity contribution is 0.101. The van der Waals surface area contributed by atoms with Crippen LogP contribution in [0.15, 0.2) is 42.6 Å². The number of aromatic amines is 1. The highest BCUT2D eigenvalue weighted by Gasteiger charge is 2.01. The molecule has 1 aromatic carbocycles. The molecule has 0 fully saturated rings. The lowest BCUT2D eigenvalue weighted by Crippen LogP contribution is -1.97. The van der Waals surface area contributed by atoms with Crippen molar-refractivity contribution < 1.29 is 9.53 Å². The van der Waals surface area contributed by atoms with Crippen LogP contribution in [0.1, 0.15) is 23.0 Å². The van der Waals surface area contributed by atoms with Gasteiger partial charge in [0.1, 0.15) is 12.4 Å². The van der Waals surface area contributed by atoms with Gasteiger partial charge in [0.15, 0.2) is 5.78 Å². The summed E-state index contributed by atoms with van der Waals surface area (Å²) >= 11 is 0. The third kappa shape index (κ3) is 2.51. The molecule has 0 aliphatic heterocycles. The van der Waals surface area contributed by atoms with Crippen LogP contribution in [-0.2, 0) is 6.61 Å². The van der Waals surface area contributed by atoms with E-state index < -0.39 is 0 Å². The molecule has 3 nitrogen and oxygen atoms in total. The van der Waals surface area contributed by atoms with Gasteiger partial charge in [0.2, 0.25) is 0 Å². The van der Waals surface area contributed by atoms with Crippen molar-refractivity contribution in [2.45, 2.75) is 13.5 Å². The monoisotopic (exact) mass is 215 g/mol. The van der Waals surface area contributed by atoms with E-state index in [-0.39, 0.29) is 5.78 Å². The van der Waals surface area contributed by atoms with E-state index >= 15 is 0 Å². The van der Waals surface area contributed by atoms with E-state index in [1.807, 2.05) is 30.5 Å². The summed E-state index contributed by atoms with van der Waals surface area (Å²) in [6, 6.07) is 11.1. The summed E-state index contributed by atoms with van der Waals surface area (Å²) in [7, 11) is 0. The van der Waals surface area contributed by atoms with Gasteiger partial charge in [-0.2, -0.15) is 0 Å². The zero-order chi connectivity index (χ0) is 11.4. The van der Waals surface area contributed by atoms with E-state index in [0.717, 1.165) is 5.69 Å². The Morgan fingerprint density at radius 3 is 2.88 bits per heavy atom. The second-order valence-corrected chi connectivity index (χ2v) is 3.57. The Bertz CT molecular complexity index is 474. The van der Waals surface area contributed by atoms with Gasteiger partial charge in [-0.1, -0.05) is 12.1 Å². The molecule has 0 atom stereocenters. The normalized spacial score (nSPS) is 10.1. The Hall–Kier alpha value is -2.03. The molecule has 1 aromatic heterocycles. The maximum absolute atomic E-state index is 11.2. The summed E-state index contributed by atoms with van der Waals surface area (Å²) in [5.41, 5.74) is 1.68. The molecular weight excluding hydrogens is 202 g/mol. The van der Waals surface area contributed by atoms with Crippen LogP contribution in [-0.4, -0.2) is 10.8 Å². The highest BCUT2D eigenvalue weighted by molar-refractivity contribution is 5.94. The fourth-order valence-electron chi connectivity index (χ4n) is 1.42. The van der Waals surface area contributed by atoms with Crippen LogP contribution in [0.4, 0.5) is 0 Å². The van der Waals surface area contributed by atoms with Crippen molar-refractivity contribution >= 4 is 5.78 Å². The summed E-state index contributed by atoms with van der Waals surface area (Å²) in [4.78, 5) is 14.2. The van der Waals surface area contributed by atoms with E-state index in [9.17, 15) is 4.79 Å². The number of nitrogens with one attached hydrogen (secondary N) is 1. The number of ether oxygens (including phenoxy) is 1. The number of hydrogen-bond acceptors (Lipinski definition) is 2. The van der Waals surface area contributed by atoms with Crippen molar-refractivity contribution in [3.05, 3.63) is 53.9 Å². The van der Waals surface area contributed by atoms with Crippen molar-refractivity contribution in [3.63, 3.8) is 0 Å². The molecule has 2 aromatic rings. The zero-order valence-electron chi connectivity index (χ0n) is 9.07. The Labute approximate surface area is 94.1 Å². The zero-order valence-corrected chi connectivity index (χ0v) is 9.07. The second kappa shape index (κ2) is 4.66. The fraction of sp³-hybridized carbons (Fsp3) is 0.154. The molecule has 0 saturated carbocycles. The van der Waals surface area contributed by atoms with Crippen molar-refractivity contribution in [2.24, 2.45) is 0 Å². The molecule has 3 heteroatoms. The van der Waals surface area contributed by atoms with Crippen LogP contribution in [0.3, 0.4) is 0 Å². The lowest BCUT2D eigenvalue weighted by Gasteiger charge is -2.05. The van der Waals surface area contributed by atoms with Crippen LogP contribution < -0.4 is 4.74 Å². The molecule has 0 spiro atoms. The van der Waals surface area contributed by atoms with Crippen LogP contribution in [0, 0.1) is 0 Å². The highest BCUT2D eigenvalue weighted by atomic mass is 16.5. The number of carbonyl (C=O) groups is 1. The maximum Gasteiger partial charge on any atom is 0.159 e. The van der Waals surface area contributed by atoms with Crippen LogP contribution >= 0.6 is 0 Å². The third-order valence-electron chi connectivity index (χ3n) is 2.30. The van der Waals surface area contributed by atoms with Crippen molar-refractivity contribution in [2.75, 3.05) is 0 Å². The first-order valence-corrected chi connectivity index (χ1v) is 5.12. The average molecular weight is 215 g/mol. The minimum atomic E-state index is 0.0466. The molecule has 0 saturated heterocycles. The minimum absolute atomic E-state index is 0.0466. The molecule has 1 N–H and O–H groups in total. The number of aromatic nitrogens is 1. The lowest BCUT2D eigenvalue weighted by atomic mass is 10.1. The van der Waals surface area contributed by atoms with E-state index in [4.69, 9.17) is 4.74 Å². The molecule has 2 rings (SSSR count). The molecule has 0 unspecified atom stereocenters. The Morgan fingerprint density at radius 2 is 2.19 bits per heavy atom. The molecular formula is C13H13NO2. The molecule has 82 valence electrons. The second-order valence-electron chi connectivity index (χ2n) is 3.57. The quantitative estimate of drug-likeness (QED) is 0.797. The van der Waals surface area contributed by atoms with Crippen molar-refractivity contribution in [1.82, 2.24) is 4.98 Å². The topological polar surface area (TPSA) is 42.1 Å². The molecule has 0 radical (unpaired) electrons. The van der Waals surface area contributed by atoms with Gasteiger partial charge >= 0.3 is 0 Å². The number of Topliss-reactive ketones (excluding diaryl/α,β-unsaturated/α-hetero) is 1. The number of carbonyl (C=O) groups excluding carboxylic acids is 1. The maximum atomic E-state index is 11.2. The predicted octanol–water partition coefficient (Wildman–Crippen LogP) is 2.80. The summed E-state index contributed by atoms with van der Waals surface area (Å²) in [6.45, 7) is 2.03. The van der Waals surface area contributed by atoms with Crippen molar-refractivity contribution in [1.29, 1.82) is 0 Å². The van der Waals surface area contributed by atoms with Crippen molar-refractivity contribution in [3.8, 4) is 5.75 Å². The van der Waals surface area contributed by atoms with E-state index in [2.05, 4.69) is 4.98 Å². The van der Waals surface area contributed by atoms with Crippen LogP contribution in [0.5, 0.6) is 5.75 Å². The smallest absolute Gasteiger partial charge is 0.159 e. The van der Waals surface area contributed by atoms with Gasteiger partial charge in [0.05, 0.1) is 5.69 Å². The van der Waals surface area contributed by atoms with E-state index in [0.29, 0.717) is 17.9 Å². The van der Waals surface area contributed by atoms with Gasteiger partial charge in [0.25, 0.3) is 0 Å². The van der Waals surface area contributed by atoms with Crippen LogP contribution in [0.25, 0.3) is 0 Å². The van der Waals surface area contributed by atoms with Gasteiger partial charge in [-0.05, 0) is 31.2 Å². The Morgan fingerprint density at radius 1 is 1.31 bits per heavy atom. The highest BCUT2D eigenvalue weighted by Crippen LogP contribution is 2.15. The largest absolute Gasteiger partial charge is 0.487 e. The third-order valence-corrected chi connectivity index (χ3v) is 2.30. The molecule has 0 aliphatic carbocycles. The summed E-state index contributed by atoms with van der Waals surface area (Å²) < 4.78 is 5.56. The molecule has 16 heavy (non-hydrogen) atoms. The van der Waals surface area contributed by atoms with Crippen LogP contribution in [0.2, 0.25) is 0 Å². The fourth-order valence-corrected chi connectivity index (χ4v) is 1.42. The van der Waals surface area contributed by atoms with Gasteiger partial charge in [-0.25, -0.2) is 0 Å². The van der Waals surface area contributed by atoms with Gasteiger partial charge in [0, 0.05) is 11.8 Å². The van der Waals surface area contributed by atoms with E-state index in [1.54, 1.807) is 19.1 Å². The number of benzene rings is 1. The number of ketones is 1. The van der Waals surface area contributed by atoms with Gasteiger partial charge in [-0.15, -0.1) is 0 Å². The molecule has 0 bridgehead atoms. The average Bonchev–Trinajstić information content (AvgIpc) is 2.79. The van der Waals surface area contributed by atoms with Gasteiger partial charge < -0.3 is 9.72 Å². The Kier molecular flexibility index (Phi) is 3.05. The number of hydrogen-bond donors (Lipinski definition) is 1. The summed E-state index contributed by atoms with van der Waals surface area (Å²) in [5.74, 6) is 0.757. The number of H-pyrrole nitrogens is 1. The summed E-state index contributed by atoms with van der Waals surface area (Å²) in [6.07, 6.45) is 1.85. The SMILES string of the molecule is CC(=O)c1cccc(OCc2ccc[nH]2)c1. The van der Waals surface area contributed by atoms with E-state index in [1.165, 1.54) is 0 Å². The summed E-state index contributed by atoms with van der Waals surface area (Å²) in [5, 5.41) is 0. The molecule has 1 heterocycles. The first-order valence-electron chi connectivity index (χ1n) is 5.12. The number of rotatable bonds is 4. The minimum Gasteiger partial charge on any atom is -0.487 e. The molecule has 0 aliphatic rings. The standard InChI is InChI=1S/C13H13NO2/c1-10(15)11-4-2-6-13(8-11)16-9-12-5-3-7-14-12/h2-8,14H,9H2,1H3.